The number of rotatable bonds is 6. The van der Waals surface area contributed by atoms with Crippen LogP contribution in [0.25, 0.3) is 0 Å². The molecule has 20 heavy (non-hydrogen) atoms. The lowest BCUT2D eigenvalue weighted by atomic mass is 9.98. The summed E-state index contributed by atoms with van der Waals surface area (Å²) in [6, 6.07) is 2.87. The van der Waals surface area contributed by atoms with Crippen LogP contribution in [0.4, 0.5) is 13.2 Å². The summed E-state index contributed by atoms with van der Waals surface area (Å²) in [7, 11) is 0. The molecular formula is C14H20F3NO2. The van der Waals surface area contributed by atoms with E-state index in [0.29, 0.717) is 24.3 Å². The SMILES string of the molecule is CCOC(OCC)C(N)c1ccc(C(F)(F)F)cc1C. The average molecular weight is 291 g/mol. The molecule has 1 atom stereocenters. The number of aryl methyl sites for hydroxylation is 1. The van der Waals surface area contributed by atoms with Crippen LogP contribution in [0.2, 0.25) is 0 Å². The highest BCUT2D eigenvalue weighted by Gasteiger charge is 2.31. The van der Waals surface area contributed by atoms with Gasteiger partial charge >= 0.3 is 6.18 Å². The molecule has 0 saturated carbocycles. The predicted molar refractivity (Wildman–Crippen MR) is 70.1 cm³/mol. The van der Waals surface area contributed by atoms with Crippen molar-refractivity contribution in [2.45, 2.75) is 39.3 Å². The molecule has 0 radical (unpaired) electrons. The Kier molecular flexibility index (Phi) is 5.98. The standard InChI is InChI=1S/C14H20F3NO2/c1-4-19-13(20-5-2)12(18)11-7-6-10(8-9(11)3)14(15,16)17/h6-8,12-13H,4-5,18H2,1-3H3. The Morgan fingerprint density at radius 2 is 1.70 bits per heavy atom. The first-order chi connectivity index (χ1) is 9.31. The van der Waals surface area contributed by atoms with Crippen LogP contribution < -0.4 is 5.73 Å². The van der Waals surface area contributed by atoms with Crippen molar-refractivity contribution in [2.24, 2.45) is 5.73 Å². The molecule has 0 aromatic heterocycles. The fraction of sp³-hybridized carbons (Fsp3) is 0.571. The van der Waals surface area contributed by atoms with Gasteiger partial charge in [-0.1, -0.05) is 6.07 Å². The molecule has 2 N–H and O–H groups in total. The largest absolute Gasteiger partial charge is 0.416 e. The minimum absolute atomic E-state index is 0.415. The predicted octanol–water partition coefficient (Wildman–Crippen LogP) is 3.41. The topological polar surface area (TPSA) is 44.5 Å². The zero-order valence-corrected chi connectivity index (χ0v) is 11.8. The number of ether oxygens (including phenoxy) is 2. The average Bonchev–Trinajstić information content (AvgIpc) is 2.36. The van der Waals surface area contributed by atoms with Crippen LogP contribution in [-0.2, 0) is 15.7 Å². The van der Waals surface area contributed by atoms with Crippen LogP contribution in [0.1, 0.15) is 36.6 Å². The van der Waals surface area contributed by atoms with Crippen LogP contribution in [0.15, 0.2) is 18.2 Å². The molecule has 114 valence electrons. The zero-order valence-electron chi connectivity index (χ0n) is 11.8. The maximum Gasteiger partial charge on any atom is 0.416 e. The van der Waals surface area contributed by atoms with Crippen LogP contribution in [0.5, 0.6) is 0 Å². The normalized spacial score (nSPS) is 13.8. The molecule has 0 amide bonds. The van der Waals surface area contributed by atoms with Gasteiger partial charge in [0.05, 0.1) is 11.6 Å². The third-order valence-corrected chi connectivity index (χ3v) is 2.91. The fourth-order valence-corrected chi connectivity index (χ4v) is 1.96. The molecule has 1 aromatic rings. The molecule has 3 nitrogen and oxygen atoms in total. The van der Waals surface area contributed by atoms with Gasteiger partial charge in [-0.25, -0.2) is 0 Å². The van der Waals surface area contributed by atoms with Gasteiger partial charge < -0.3 is 15.2 Å². The highest BCUT2D eigenvalue weighted by atomic mass is 19.4. The Bertz CT molecular complexity index is 429. The third kappa shape index (κ3) is 4.19. The van der Waals surface area contributed by atoms with E-state index in [1.54, 1.807) is 20.8 Å². The van der Waals surface area contributed by atoms with Crippen LogP contribution in [-0.4, -0.2) is 19.5 Å². The lowest BCUT2D eigenvalue weighted by molar-refractivity contribution is -0.149. The van der Waals surface area contributed by atoms with Crippen LogP contribution in [0.3, 0.4) is 0 Å². The number of benzene rings is 1. The smallest absolute Gasteiger partial charge is 0.351 e. The molecule has 0 heterocycles. The van der Waals surface area contributed by atoms with E-state index in [-0.39, 0.29) is 0 Å². The summed E-state index contributed by atoms with van der Waals surface area (Å²) < 4.78 is 48.6. The first-order valence-corrected chi connectivity index (χ1v) is 6.47. The van der Waals surface area contributed by atoms with Crippen molar-refractivity contribution >= 4 is 0 Å². The van der Waals surface area contributed by atoms with Gasteiger partial charge in [0.25, 0.3) is 0 Å². The summed E-state index contributed by atoms with van der Waals surface area (Å²) >= 11 is 0. The van der Waals surface area contributed by atoms with Gasteiger partial charge in [0, 0.05) is 13.2 Å². The van der Waals surface area contributed by atoms with Crippen molar-refractivity contribution in [1.29, 1.82) is 0 Å². The second-order valence-electron chi connectivity index (χ2n) is 4.37. The van der Waals surface area contributed by atoms with E-state index in [9.17, 15) is 13.2 Å². The number of nitrogens with two attached hydrogens (primary N) is 1. The number of hydrogen-bond acceptors (Lipinski definition) is 3. The van der Waals surface area contributed by atoms with Crippen molar-refractivity contribution in [3.8, 4) is 0 Å². The van der Waals surface area contributed by atoms with E-state index in [4.69, 9.17) is 15.2 Å². The summed E-state index contributed by atoms with van der Waals surface area (Å²) in [4.78, 5) is 0. The van der Waals surface area contributed by atoms with E-state index in [2.05, 4.69) is 0 Å². The highest BCUT2D eigenvalue weighted by molar-refractivity contribution is 5.34. The Labute approximate surface area is 116 Å². The van der Waals surface area contributed by atoms with Crippen LogP contribution >= 0.6 is 0 Å². The van der Waals surface area contributed by atoms with E-state index in [1.807, 2.05) is 0 Å². The van der Waals surface area contributed by atoms with E-state index < -0.39 is 24.1 Å². The summed E-state index contributed by atoms with van der Waals surface area (Å²) in [5.41, 5.74) is 6.41. The van der Waals surface area contributed by atoms with Gasteiger partial charge in [0.2, 0.25) is 0 Å². The monoisotopic (exact) mass is 291 g/mol. The lowest BCUT2D eigenvalue weighted by Crippen LogP contribution is -2.32. The van der Waals surface area contributed by atoms with Gasteiger partial charge in [0.15, 0.2) is 6.29 Å². The zero-order chi connectivity index (χ0) is 15.3. The highest BCUT2D eigenvalue weighted by Crippen LogP contribution is 2.32. The van der Waals surface area contributed by atoms with Crippen molar-refractivity contribution in [3.05, 3.63) is 34.9 Å². The second kappa shape index (κ2) is 7.06. The lowest BCUT2D eigenvalue weighted by Gasteiger charge is -2.25. The summed E-state index contributed by atoms with van der Waals surface area (Å²) in [5, 5.41) is 0. The van der Waals surface area contributed by atoms with E-state index >= 15 is 0 Å². The molecule has 0 aliphatic carbocycles. The first-order valence-electron chi connectivity index (χ1n) is 6.47. The molecule has 1 aromatic carbocycles. The molecule has 0 aliphatic rings. The Hall–Kier alpha value is -1.11. The second-order valence-corrected chi connectivity index (χ2v) is 4.37. The molecule has 1 unspecified atom stereocenters. The van der Waals surface area contributed by atoms with Crippen molar-refractivity contribution in [2.75, 3.05) is 13.2 Å². The van der Waals surface area contributed by atoms with Gasteiger partial charge in [-0.3, -0.25) is 0 Å². The third-order valence-electron chi connectivity index (χ3n) is 2.91. The maximum atomic E-state index is 12.6. The summed E-state index contributed by atoms with van der Waals surface area (Å²) in [6.45, 7) is 6.03. The van der Waals surface area contributed by atoms with E-state index in [0.717, 1.165) is 12.1 Å². The van der Waals surface area contributed by atoms with Gasteiger partial charge in [-0.05, 0) is 44.0 Å². The van der Waals surface area contributed by atoms with E-state index in [1.165, 1.54) is 6.07 Å². The molecular weight excluding hydrogens is 271 g/mol. The minimum Gasteiger partial charge on any atom is -0.351 e. The molecule has 0 bridgehead atoms. The van der Waals surface area contributed by atoms with Crippen LogP contribution in [0, 0.1) is 6.92 Å². The van der Waals surface area contributed by atoms with Gasteiger partial charge in [-0.15, -0.1) is 0 Å². The fourth-order valence-electron chi connectivity index (χ4n) is 1.96. The Balaban J connectivity index is 3.00. The number of alkyl halides is 3. The van der Waals surface area contributed by atoms with Crippen molar-refractivity contribution in [3.63, 3.8) is 0 Å². The molecule has 1 rings (SSSR count). The number of halogens is 3. The molecule has 6 heteroatoms. The Morgan fingerprint density at radius 1 is 1.15 bits per heavy atom. The van der Waals surface area contributed by atoms with Crippen molar-refractivity contribution < 1.29 is 22.6 Å². The van der Waals surface area contributed by atoms with Crippen molar-refractivity contribution in [1.82, 2.24) is 0 Å². The number of hydrogen-bond donors (Lipinski definition) is 1. The molecule has 0 saturated heterocycles. The molecule has 0 aliphatic heterocycles. The van der Waals surface area contributed by atoms with Gasteiger partial charge in [0.1, 0.15) is 0 Å². The minimum atomic E-state index is -4.35. The Morgan fingerprint density at radius 3 is 2.10 bits per heavy atom. The maximum absolute atomic E-state index is 12.6. The summed E-state index contributed by atoms with van der Waals surface area (Å²) in [6.07, 6.45) is -5.02. The molecule has 0 fully saturated rings. The molecule has 0 spiro atoms. The summed E-state index contributed by atoms with van der Waals surface area (Å²) in [5.74, 6) is 0. The quantitative estimate of drug-likeness (QED) is 0.817. The first kappa shape index (κ1) is 16.9. The van der Waals surface area contributed by atoms with Gasteiger partial charge in [-0.2, -0.15) is 13.2 Å².